The number of benzene rings is 2. The Bertz CT molecular complexity index is 1080. The molecule has 158 valence electrons. The number of aromatic nitrogens is 3. The Morgan fingerprint density at radius 1 is 1.07 bits per heavy atom. The third kappa shape index (κ3) is 4.38. The van der Waals surface area contributed by atoms with Crippen molar-refractivity contribution in [1.82, 2.24) is 14.9 Å². The normalized spacial score (nSPS) is 10.8. The summed E-state index contributed by atoms with van der Waals surface area (Å²) in [6, 6.07) is 11.1. The molecule has 2 aromatic carbocycles. The largest absolute Gasteiger partial charge is 0.494 e. The van der Waals surface area contributed by atoms with E-state index < -0.39 is 0 Å². The summed E-state index contributed by atoms with van der Waals surface area (Å²) in [6.45, 7) is 2.54. The van der Waals surface area contributed by atoms with Gasteiger partial charge in [-0.15, -0.1) is 0 Å². The predicted octanol–water partition coefficient (Wildman–Crippen LogP) is 3.61. The fourth-order valence-electron chi connectivity index (χ4n) is 2.83. The van der Waals surface area contributed by atoms with Crippen molar-refractivity contribution < 1.29 is 18.9 Å². The van der Waals surface area contributed by atoms with Gasteiger partial charge in [-0.3, -0.25) is 0 Å². The Kier molecular flexibility index (Phi) is 6.91. The molecule has 0 aliphatic carbocycles. The zero-order chi connectivity index (χ0) is 21.5. The van der Waals surface area contributed by atoms with Gasteiger partial charge in [0.05, 0.1) is 34.2 Å². The first-order valence-electron chi connectivity index (χ1n) is 9.11. The highest BCUT2D eigenvalue weighted by molar-refractivity contribution is 7.71. The highest BCUT2D eigenvalue weighted by Crippen LogP contribution is 2.39. The lowest BCUT2D eigenvalue weighted by atomic mass is 10.2. The molecule has 0 radical (unpaired) electrons. The highest BCUT2D eigenvalue weighted by Gasteiger charge is 2.15. The molecule has 0 bridgehead atoms. The topological polar surface area (TPSA) is 94.9 Å². The average molecular weight is 430 g/mol. The van der Waals surface area contributed by atoms with E-state index >= 15 is 0 Å². The van der Waals surface area contributed by atoms with Gasteiger partial charge in [0, 0.05) is 11.1 Å². The van der Waals surface area contributed by atoms with E-state index in [1.54, 1.807) is 38.3 Å². The van der Waals surface area contributed by atoms with Gasteiger partial charge in [-0.1, -0.05) is 0 Å². The minimum Gasteiger partial charge on any atom is -0.494 e. The molecule has 0 amide bonds. The van der Waals surface area contributed by atoms with Crippen LogP contribution in [0.2, 0.25) is 0 Å². The molecule has 0 saturated heterocycles. The van der Waals surface area contributed by atoms with Crippen LogP contribution in [0.15, 0.2) is 41.5 Å². The lowest BCUT2D eigenvalue weighted by molar-refractivity contribution is 0.324. The van der Waals surface area contributed by atoms with Crippen molar-refractivity contribution in [2.45, 2.75) is 6.92 Å². The summed E-state index contributed by atoms with van der Waals surface area (Å²) >= 11 is 5.31. The van der Waals surface area contributed by atoms with E-state index in [4.69, 9.17) is 31.2 Å². The quantitative estimate of drug-likeness (QED) is 0.305. The third-order valence-electron chi connectivity index (χ3n) is 4.19. The molecular formula is C20H23N5O4S. The molecule has 0 spiro atoms. The molecule has 3 aromatic rings. The van der Waals surface area contributed by atoms with Gasteiger partial charge in [-0.25, -0.2) is 10.6 Å². The number of ether oxygens (including phenoxy) is 4. The molecule has 30 heavy (non-hydrogen) atoms. The molecular weight excluding hydrogens is 406 g/mol. The van der Waals surface area contributed by atoms with Crippen LogP contribution in [0.3, 0.4) is 0 Å². The van der Waals surface area contributed by atoms with Crippen LogP contribution < -0.4 is 24.5 Å². The second kappa shape index (κ2) is 9.79. The number of methoxy groups -OCH3 is 3. The average Bonchev–Trinajstić information content (AvgIpc) is 3.14. The summed E-state index contributed by atoms with van der Waals surface area (Å²) in [4.78, 5) is 0. The van der Waals surface area contributed by atoms with Gasteiger partial charge in [-0.05, 0) is 55.5 Å². The van der Waals surface area contributed by atoms with Crippen molar-refractivity contribution in [3.05, 3.63) is 46.7 Å². The van der Waals surface area contributed by atoms with Crippen molar-refractivity contribution in [3.8, 4) is 34.4 Å². The molecule has 1 heterocycles. The lowest BCUT2D eigenvalue weighted by Gasteiger charge is -2.13. The summed E-state index contributed by atoms with van der Waals surface area (Å²) in [5.74, 6) is 2.92. The van der Waals surface area contributed by atoms with Crippen molar-refractivity contribution in [2.24, 2.45) is 5.10 Å². The maximum absolute atomic E-state index is 5.48. The van der Waals surface area contributed by atoms with Crippen LogP contribution in [-0.2, 0) is 0 Å². The molecule has 1 aromatic heterocycles. The summed E-state index contributed by atoms with van der Waals surface area (Å²) in [7, 11) is 4.67. The summed E-state index contributed by atoms with van der Waals surface area (Å²) in [5, 5.41) is 11.3. The summed E-state index contributed by atoms with van der Waals surface area (Å²) < 4.78 is 23.6. The number of aromatic amines is 1. The van der Waals surface area contributed by atoms with Crippen LogP contribution in [0.1, 0.15) is 12.5 Å². The molecule has 3 rings (SSSR count). The number of rotatable bonds is 9. The number of hydrogen-bond donors (Lipinski definition) is 2. The van der Waals surface area contributed by atoms with Gasteiger partial charge in [0.25, 0.3) is 0 Å². The van der Waals surface area contributed by atoms with Crippen LogP contribution >= 0.6 is 12.2 Å². The Hall–Kier alpha value is -3.53. The second-order valence-corrected chi connectivity index (χ2v) is 6.31. The maximum Gasteiger partial charge on any atom is 0.216 e. The smallest absolute Gasteiger partial charge is 0.216 e. The Labute approximate surface area is 179 Å². The summed E-state index contributed by atoms with van der Waals surface area (Å²) in [5.41, 5.74) is 4.43. The van der Waals surface area contributed by atoms with E-state index in [2.05, 4.69) is 20.8 Å². The Balaban J connectivity index is 1.86. The van der Waals surface area contributed by atoms with Crippen LogP contribution in [-0.4, -0.2) is 49.0 Å². The Morgan fingerprint density at radius 3 is 2.43 bits per heavy atom. The van der Waals surface area contributed by atoms with Gasteiger partial charge in [-0.2, -0.15) is 14.9 Å². The maximum atomic E-state index is 5.48. The Morgan fingerprint density at radius 2 is 1.80 bits per heavy atom. The van der Waals surface area contributed by atoms with E-state index in [-0.39, 0.29) is 0 Å². The number of H-pyrrole nitrogens is 1. The van der Waals surface area contributed by atoms with Crippen molar-refractivity contribution in [1.29, 1.82) is 0 Å². The van der Waals surface area contributed by atoms with Gasteiger partial charge in [0.15, 0.2) is 17.3 Å². The first-order chi connectivity index (χ1) is 14.6. The lowest BCUT2D eigenvalue weighted by Crippen LogP contribution is -2.11. The monoisotopic (exact) mass is 429 g/mol. The van der Waals surface area contributed by atoms with E-state index in [1.165, 1.54) is 0 Å². The second-order valence-electron chi connectivity index (χ2n) is 5.93. The minimum atomic E-state index is 0.371. The van der Waals surface area contributed by atoms with Crippen molar-refractivity contribution >= 4 is 18.4 Å². The first kappa shape index (κ1) is 21.2. The van der Waals surface area contributed by atoms with Crippen molar-refractivity contribution in [3.63, 3.8) is 0 Å². The molecule has 0 unspecified atom stereocenters. The van der Waals surface area contributed by atoms with E-state index in [0.717, 1.165) is 11.3 Å². The van der Waals surface area contributed by atoms with E-state index in [1.807, 2.05) is 37.3 Å². The third-order valence-corrected chi connectivity index (χ3v) is 4.47. The molecule has 0 fully saturated rings. The van der Waals surface area contributed by atoms with Gasteiger partial charge in [0.2, 0.25) is 10.5 Å². The molecule has 2 N–H and O–H groups in total. The molecule has 0 atom stereocenters. The zero-order valence-corrected chi connectivity index (χ0v) is 17.9. The predicted molar refractivity (Wildman–Crippen MR) is 117 cm³/mol. The highest BCUT2D eigenvalue weighted by atomic mass is 32.1. The van der Waals surface area contributed by atoms with Gasteiger partial charge < -0.3 is 18.9 Å². The standard InChI is InChI=1S/C20H23N5O4S/c1-5-29-15-9-6-13(7-10-15)19-22-23-20(30)25(19)24-21-12-14-8-11-16(26-2)18(28-4)17(14)27-3/h6-12,24H,5H2,1-4H3,(H,23,30). The van der Waals surface area contributed by atoms with Gasteiger partial charge >= 0.3 is 0 Å². The molecule has 0 saturated carbocycles. The van der Waals surface area contributed by atoms with E-state index in [0.29, 0.717) is 40.0 Å². The van der Waals surface area contributed by atoms with Crippen LogP contribution in [0.5, 0.6) is 23.0 Å². The molecule has 10 heteroatoms. The first-order valence-corrected chi connectivity index (χ1v) is 9.52. The summed E-state index contributed by atoms with van der Waals surface area (Å²) in [6.07, 6.45) is 1.59. The fourth-order valence-corrected chi connectivity index (χ4v) is 3.01. The van der Waals surface area contributed by atoms with Crippen LogP contribution in [0, 0.1) is 4.77 Å². The van der Waals surface area contributed by atoms with Crippen molar-refractivity contribution in [2.75, 3.05) is 33.5 Å². The zero-order valence-electron chi connectivity index (χ0n) is 17.1. The van der Waals surface area contributed by atoms with Crippen LogP contribution in [0.25, 0.3) is 11.4 Å². The minimum absolute atomic E-state index is 0.371. The fraction of sp³-hybridized carbons (Fsp3) is 0.250. The number of nitrogens with one attached hydrogen (secondary N) is 2. The number of nitrogens with zero attached hydrogens (tertiary/aromatic N) is 3. The molecule has 0 aliphatic rings. The number of hydrogen-bond acceptors (Lipinski definition) is 8. The SMILES string of the molecule is CCOc1ccc(-c2n[nH]c(=S)n2NN=Cc2ccc(OC)c(OC)c2OC)cc1. The molecule has 9 nitrogen and oxygen atoms in total. The van der Waals surface area contributed by atoms with Crippen LogP contribution in [0.4, 0.5) is 0 Å². The number of hydrazone groups is 1. The van der Waals surface area contributed by atoms with Gasteiger partial charge in [0.1, 0.15) is 5.75 Å². The molecule has 0 aliphatic heterocycles. The van der Waals surface area contributed by atoms with E-state index in [9.17, 15) is 0 Å².